The minimum Gasteiger partial charge on any atom is -0.462 e. The summed E-state index contributed by atoms with van der Waals surface area (Å²) in [4.78, 5) is 23.1. The maximum Gasteiger partial charge on any atom is 0.330 e. The van der Waals surface area contributed by atoms with Gasteiger partial charge in [-0.05, 0) is 44.0 Å². The van der Waals surface area contributed by atoms with Gasteiger partial charge in [-0.3, -0.25) is 4.79 Å². The summed E-state index contributed by atoms with van der Waals surface area (Å²) < 4.78 is 35.8. The lowest BCUT2D eigenvalue weighted by molar-refractivity contribution is -0.157. The number of hydrogen-bond donors (Lipinski definition) is 0. The van der Waals surface area contributed by atoms with Crippen LogP contribution >= 0.6 is 0 Å². The van der Waals surface area contributed by atoms with Crippen molar-refractivity contribution in [1.29, 1.82) is 0 Å². The molecule has 4 nitrogen and oxygen atoms in total. The predicted octanol–water partition coefficient (Wildman–Crippen LogP) is 3.50. The zero-order valence-electron chi connectivity index (χ0n) is 13.4. The molecule has 0 unspecified atom stereocenters. The second-order valence-corrected chi connectivity index (χ2v) is 5.58. The van der Waals surface area contributed by atoms with Gasteiger partial charge in [0.1, 0.15) is 24.8 Å². The lowest BCUT2D eigenvalue weighted by Crippen LogP contribution is -2.27. The quantitative estimate of drug-likeness (QED) is 0.437. The highest BCUT2D eigenvalue weighted by Gasteiger charge is 2.26. The van der Waals surface area contributed by atoms with Gasteiger partial charge in [0.25, 0.3) is 0 Å². The Labute approximate surface area is 134 Å². The predicted molar refractivity (Wildman–Crippen MR) is 81.4 cm³/mol. The average molecular weight is 326 g/mol. The van der Waals surface area contributed by atoms with Crippen molar-refractivity contribution in [2.75, 3.05) is 13.2 Å². The van der Waals surface area contributed by atoms with Crippen molar-refractivity contribution < 1.29 is 27.8 Å². The van der Waals surface area contributed by atoms with Gasteiger partial charge in [0, 0.05) is 12.1 Å². The number of esters is 2. The van der Waals surface area contributed by atoms with Crippen LogP contribution in [0.4, 0.5) is 8.78 Å². The lowest BCUT2D eigenvalue weighted by atomic mass is 9.91. The molecule has 1 rings (SSSR count). The first kappa shape index (κ1) is 18.8. The van der Waals surface area contributed by atoms with Gasteiger partial charge in [-0.15, -0.1) is 0 Å². The summed E-state index contributed by atoms with van der Waals surface area (Å²) >= 11 is 0. The van der Waals surface area contributed by atoms with E-state index in [0.717, 1.165) is 24.3 Å². The monoisotopic (exact) mass is 326 g/mol. The smallest absolute Gasteiger partial charge is 0.330 e. The molecule has 0 aliphatic rings. The number of rotatable bonds is 7. The molecule has 0 saturated carbocycles. The van der Waals surface area contributed by atoms with Crippen molar-refractivity contribution in [3.63, 3.8) is 0 Å². The van der Waals surface area contributed by atoms with Crippen molar-refractivity contribution in [2.24, 2.45) is 5.41 Å². The van der Waals surface area contributed by atoms with Crippen LogP contribution in [0.1, 0.15) is 32.8 Å². The van der Waals surface area contributed by atoms with Gasteiger partial charge in [0.05, 0.1) is 5.41 Å². The van der Waals surface area contributed by atoms with Crippen LogP contribution in [-0.4, -0.2) is 25.2 Å². The SMILES string of the molecule is CCC(C)(C)C(=O)OCCOC(=O)/C=C/c1cc(F)cc(F)c1. The van der Waals surface area contributed by atoms with E-state index in [4.69, 9.17) is 9.47 Å². The summed E-state index contributed by atoms with van der Waals surface area (Å²) in [6.07, 6.45) is 2.92. The van der Waals surface area contributed by atoms with E-state index in [0.29, 0.717) is 6.42 Å². The first-order valence-corrected chi connectivity index (χ1v) is 7.23. The summed E-state index contributed by atoms with van der Waals surface area (Å²) in [6.45, 7) is 5.27. The maximum atomic E-state index is 13.0. The zero-order chi connectivity index (χ0) is 17.5. The van der Waals surface area contributed by atoms with Gasteiger partial charge in [-0.2, -0.15) is 0 Å². The number of carbonyl (C=O) groups is 2. The van der Waals surface area contributed by atoms with E-state index >= 15 is 0 Å². The number of hydrogen-bond acceptors (Lipinski definition) is 4. The highest BCUT2D eigenvalue weighted by Crippen LogP contribution is 2.21. The van der Waals surface area contributed by atoms with Crippen LogP contribution in [0.3, 0.4) is 0 Å². The Morgan fingerprint density at radius 1 is 1.09 bits per heavy atom. The molecule has 23 heavy (non-hydrogen) atoms. The van der Waals surface area contributed by atoms with Gasteiger partial charge in [0.15, 0.2) is 0 Å². The van der Waals surface area contributed by atoms with Crippen LogP contribution < -0.4 is 0 Å². The van der Waals surface area contributed by atoms with E-state index in [9.17, 15) is 18.4 Å². The van der Waals surface area contributed by atoms with Gasteiger partial charge >= 0.3 is 11.9 Å². The molecule has 0 aliphatic heterocycles. The highest BCUT2D eigenvalue weighted by atomic mass is 19.1. The molecule has 0 amide bonds. The molecular formula is C17H20F2O4. The van der Waals surface area contributed by atoms with E-state index in [1.54, 1.807) is 13.8 Å². The van der Waals surface area contributed by atoms with Crippen molar-refractivity contribution >= 4 is 18.0 Å². The van der Waals surface area contributed by atoms with Crippen LogP contribution in [0.25, 0.3) is 6.08 Å². The highest BCUT2D eigenvalue weighted by molar-refractivity contribution is 5.87. The van der Waals surface area contributed by atoms with Crippen LogP contribution in [-0.2, 0) is 19.1 Å². The van der Waals surface area contributed by atoms with Gasteiger partial charge < -0.3 is 9.47 Å². The molecule has 0 aliphatic carbocycles. The Morgan fingerprint density at radius 2 is 1.65 bits per heavy atom. The molecular weight excluding hydrogens is 306 g/mol. The van der Waals surface area contributed by atoms with E-state index in [2.05, 4.69) is 0 Å². The van der Waals surface area contributed by atoms with Crippen molar-refractivity contribution in [3.8, 4) is 0 Å². The fraction of sp³-hybridized carbons (Fsp3) is 0.412. The summed E-state index contributed by atoms with van der Waals surface area (Å²) in [6, 6.07) is 2.91. The molecule has 0 fully saturated rings. The first-order valence-electron chi connectivity index (χ1n) is 7.23. The van der Waals surface area contributed by atoms with Crippen molar-refractivity contribution in [2.45, 2.75) is 27.2 Å². The van der Waals surface area contributed by atoms with Gasteiger partial charge in [-0.1, -0.05) is 6.92 Å². The van der Waals surface area contributed by atoms with E-state index < -0.39 is 23.0 Å². The molecule has 0 bridgehead atoms. The topological polar surface area (TPSA) is 52.6 Å². The fourth-order valence-corrected chi connectivity index (χ4v) is 1.50. The van der Waals surface area contributed by atoms with Gasteiger partial charge in [-0.25, -0.2) is 13.6 Å². The van der Waals surface area contributed by atoms with Crippen LogP contribution in [0, 0.1) is 17.0 Å². The Hall–Kier alpha value is -2.24. The summed E-state index contributed by atoms with van der Waals surface area (Å²) in [5.74, 6) is -2.52. The minimum absolute atomic E-state index is 0.0452. The molecule has 1 aromatic carbocycles. The van der Waals surface area contributed by atoms with E-state index in [1.165, 1.54) is 6.08 Å². The normalized spacial score (nSPS) is 11.5. The molecule has 0 saturated heterocycles. The van der Waals surface area contributed by atoms with Crippen LogP contribution in [0.15, 0.2) is 24.3 Å². The average Bonchev–Trinajstić information content (AvgIpc) is 2.48. The summed E-state index contributed by atoms with van der Waals surface area (Å²) in [7, 11) is 0. The van der Waals surface area contributed by atoms with Gasteiger partial charge in [0.2, 0.25) is 0 Å². The number of benzene rings is 1. The number of carbonyl (C=O) groups excluding carboxylic acids is 2. The molecule has 126 valence electrons. The Balaban J connectivity index is 2.37. The second-order valence-electron chi connectivity index (χ2n) is 5.58. The fourth-order valence-electron chi connectivity index (χ4n) is 1.50. The molecule has 0 aromatic heterocycles. The Morgan fingerprint density at radius 3 is 2.22 bits per heavy atom. The van der Waals surface area contributed by atoms with E-state index in [-0.39, 0.29) is 24.7 Å². The molecule has 0 heterocycles. The molecule has 0 N–H and O–H groups in total. The molecule has 0 atom stereocenters. The Bertz CT molecular complexity index is 574. The minimum atomic E-state index is -0.733. The van der Waals surface area contributed by atoms with E-state index in [1.807, 2.05) is 6.92 Å². The molecule has 0 radical (unpaired) electrons. The standard InChI is InChI=1S/C17H20F2O4/c1-4-17(2,3)16(21)23-8-7-22-15(20)6-5-12-9-13(18)11-14(19)10-12/h5-6,9-11H,4,7-8H2,1-3H3/b6-5+. The van der Waals surface area contributed by atoms with Crippen LogP contribution in [0.5, 0.6) is 0 Å². The number of halogens is 2. The molecule has 1 aromatic rings. The van der Waals surface area contributed by atoms with Crippen molar-refractivity contribution in [3.05, 3.63) is 41.5 Å². The summed E-state index contributed by atoms with van der Waals surface area (Å²) in [5, 5.41) is 0. The number of ether oxygens (including phenoxy) is 2. The second kappa shape index (κ2) is 8.41. The lowest BCUT2D eigenvalue weighted by Gasteiger charge is -2.20. The zero-order valence-corrected chi connectivity index (χ0v) is 13.4. The first-order chi connectivity index (χ1) is 10.7. The third-order valence-corrected chi connectivity index (χ3v) is 3.29. The maximum absolute atomic E-state index is 13.0. The molecule has 0 spiro atoms. The largest absolute Gasteiger partial charge is 0.462 e. The third kappa shape index (κ3) is 6.59. The Kier molecular flexibility index (Phi) is 6.88. The third-order valence-electron chi connectivity index (χ3n) is 3.29. The van der Waals surface area contributed by atoms with Crippen molar-refractivity contribution in [1.82, 2.24) is 0 Å². The summed E-state index contributed by atoms with van der Waals surface area (Å²) in [5.41, 5.74) is -0.374. The molecule has 6 heteroatoms. The van der Waals surface area contributed by atoms with Crippen LogP contribution in [0.2, 0.25) is 0 Å².